The Kier molecular flexibility index (Phi) is 8.43. The molecule has 0 unspecified atom stereocenters. The van der Waals surface area contributed by atoms with Crippen LogP contribution in [0.3, 0.4) is 0 Å². The van der Waals surface area contributed by atoms with Crippen molar-refractivity contribution in [3.63, 3.8) is 0 Å². The molecule has 3 heterocycles. The van der Waals surface area contributed by atoms with E-state index >= 15 is 0 Å². The number of hydrogen-bond donors (Lipinski definition) is 2. The first kappa shape index (κ1) is 21.7. The van der Waals surface area contributed by atoms with E-state index in [-0.39, 0.29) is 23.8 Å². The van der Waals surface area contributed by atoms with Gasteiger partial charge in [-0.3, -0.25) is 19.5 Å². The van der Waals surface area contributed by atoms with Gasteiger partial charge in [0.2, 0.25) is 11.8 Å². The SMILES string of the molecule is CCC(=O)N[C@H]1CC[C@@H](C(=O)NCCc2ccncc2)CN(C2CCOCC2)C1. The predicted octanol–water partition coefficient (Wildman–Crippen LogP) is 1.53. The number of hydrogen-bond acceptors (Lipinski definition) is 5. The van der Waals surface area contributed by atoms with Gasteiger partial charge in [0.1, 0.15) is 0 Å². The van der Waals surface area contributed by atoms with Crippen LogP contribution < -0.4 is 10.6 Å². The molecule has 2 aliphatic rings. The quantitative estimate of drug-likeness (QED) is 0.723. The minimum Gasteiger partial charge on any atom is -0.381 e. The molecule has 7 heteroatoms. The first-order valence-electron chi connectivity index (χ1n) is 10.9. The lowest BCUT2D eigenvalue weighted by atomic mass is 10.00. The summed E-state index contributed by atoms with van der Waals surface area (Å²) in [4.78, 5) is 31.3. The summed E-state index contributed by atoms with van der Waals surface area (Å²) in [5, 5.41) is 6.27. The molecule has 2 aliphatic heterocycles. The van der Waals surface area contributed by atoms with E-state index in [4.69, 9.17) is 4.74 Å². The van der Waals surface area contributed by atoms with Crippen LogP contribution >= 0.6 is 0 Å². The molecule has 0 spiro atoms. The fourth-order valence-corrected chi connectivity index (χ4v) is 4.26. The molecule has 2 N–H and O–H groups in total. The van der Waals surface area contributed by atoms with E-state index in [0.29, 0.717) is 19.0 Å². The summed E-state index contributed by atoms with van der Waals surface area (Å²) < 4.78 is 5.52. The van der Waals surface area contributed by atoms with Crippen LogP contribution in [0.1, 0.15) is 44.6 Å². The van der Waals surface area contributed by atoms with E-state index in [2.05, 4.69) is 20.5 Å². The average Bonchev–Trinajstić information content (AvgIpc) is 2.98. The maximum Gasteiger partial charge on any atom is 0.224 e. The van der Waals surface area contributed by atoms with Crippen molar-refractivity contribution in [1.29, 1.82) is 0 Å². The summed E-state index contributed by atoms with van der Waals surface area (Å²) in [6.07, 6.45) is 8.48. The zero-order valence-electron chi connectivity index (χ0n) is 17.4. The van der Waals surface area contributed by atoms with E-state index < -0.39 is 0 Å². The average molecular weight is 403 g/mol. The molecule has 0 radical (unpaired) electrons. The molecule has 7 nitrogen and oxygen atoms in total. The highest BCUT2D eigenvalue weighted by Gasteiger charge is 2.32. The van der Waals surface area contributed by atoms with Crippen molar-refractivity contribution in [2.45, 2.75) is 57.5 Å². The highest BCUT2D eigenvalue weighted by molar-refractivity contribution is 5.79. The minimum atomic E-state index is -0.0428. The molecule has 1 aromatic heterocycles. The van der Waals surface area contributed by atoms with Crippen molar-refractivity contribution < 1.29 is 14.3 Å². The molecule has 2 atom stereocenters. The summed E-state index contributed by atoms with van der Waals surface area (Å²) in [5.74, 6) is 0.166. The minimum absolute atomic E-state index is 0.0428. The van der Waals surface area contributed by atoms with Gasteiger partial charge in [0.15, 0.2) is 0 Å². The lowest BCUT2D eigenvalue weighted by molar-refractivity contribution is -0.126. The molecule has 1 aromatic rings. The molecule has 0 bridgehead atoms. The summed E-state index contributed by atoms with van der Waals surface area (Å²) in [6, 6.07) is 4.49. The van der Waals surface area contributed by atoms with Crippen molar-refractivity contribution in [2.24, 2.45) is 5.92 Å². The monoisotopic (exact) mass is 402 g/mol. The predicted molar refractivity (Wildman–Crippen MR) is 111 cm³/mol. The second kappa shape index (κ2) is 11.3. The van der Waals surface area contributed by atoms with Crippen molar-refractivity contribution in [3.8, 4) is 0 Å². The second-order valence-electron chi connectivity index (χ2n) is 8.09. The van der Waals surface area contributed by atoms with Crippen LogP contribution in [0.15, 0.2) is 24.5 Å². The van der Waals surface area contributed by atoms with Crippen molar-refractivity contribution in [2.75, 3.05) is 32.8 Å². The lowest BCUT2D eigenvalue weighted by Gasteiger charge is -2.36. The Hall–Kier alpha value is -1.99. The largest absolute Gasteiger partial charge is 0.381 e. The zero-order valence-corrected chi connectivity index (χ0v) is 17.4. The molecule has 0 aliphatic carbocycles. The van der Waals surface area contributed by atoms with Gasteiger partial charge in [0.25, 0.3) is 0 Å². The number of amides is 2. The van der Waals surface area contributed by atoms with Gasteiger partial charge in [-0.05, 0) is 49.8 Å². The molecule has 29 heavy (non-hydrogen) atoms. The van der Waals surface area contributed by atoms with Gasteiger partial charge in [-0.2, -0.15) is 0 Å². The Bertz CT molecular complexity index is 649. The summed E-state index contributed by atoms with van der Waals surface area (Å²) >= 11 is 0. The molecule has 3 rings (SSSR count). The van der Waals surface area contributed by atoms with E-state index in [9.17, 15) is 9.59 Å². The molecular weight excluding hydrogens is 368 g/mol. The van der Waals surface area contributed by atoms with Gasteiger partial charge in [0, 0.05) is 63.7 Å². The van der Waals surface area contributed by atoms with E-state index in [0.717, 1.165) is 58.4 Å². The van der Waals surface area contributed by atoms with E-state index in [1.807, 2.05) is 19.1 Å². The molecular formula is C22H34N4O3. The van der Waals surface area contributed by atoms with Crippen molar-refractivity contribution in [1.82, 2.24) is 20.5 Å². The Morgan fingerprint density at radius 1 is 1.14 bits per heavy atom. The number of ether oxygens (including phenoxy) is 1. The topological polar surface area (TPSA) is 83.6 Å². The summed E-state index contributed by atoms with van der Waals surface area (Å²) in [7, 11) is 0. The van der Waals surface area contributed by atoms with Gasteiger partial charge < -0.3 is 15.4 Å². The third-order valence-corrected chi connectivity index (χ3v) is 6.00. The van der Waals surface area contributed by atoms with E-state index in [1.165, 1.54) is 5.56 Å². The fraction of sp³-hybridized carbons (Fsp3) is 0.682. The Labute approximate surface area is 173 Å². The van der Waals surface area contributed by atoms with Crippen molar-refractivity contribution >= 4 is 11.8 Å². The lowest BCUT2D eigenvalue weighted by Crippen LogP contribution is -2.49. The number of nitrogens with one attached hydrogen (secondary N) is 2. The van der Waals surface area contributed by atoms with Gasteiger partial charge in [-0.15, -0.1) is 0 Å². The standard InChI is InChI=1S/C22H34N4O3/c1-2-21(27)25-19-4-3-18(15-26(16-19)20-8-13-29-14-9-20)22(28)24-12-7-17-5-10-23-11-6-17/h5-6,10-11,18-20H,2-4,7-9,12-16H2,1H3,(H,24,28)(H,25,27)/t18-,19+/m1/s1. The smallest absolute Gasteiger partial charge is 0.224 e. The molecule has 160 valence electrons. The molecule has 2 saturated heterocycles. The van der Waals surface area contributed by atoms with Crippen LogP contribution in [0, 0.1) is 5.92 Å². The number of aromatic nitrogens is 1. The highest BCUT2D eigenvalue weighted by atomic mass is 16.5. The van der Waals surface area contributed by atoms with Crippen LogP contribution in [0.25, 0.3) is 0 Å². The fourth-order valence-electron chi connectivity index (χ4n) is 4.26. The van der Waals surface area contributed by atoms with Gasteiger partial charge in [-0.1, -0.05) is 6.92 Å². The van der Waals surface area contributed by atoms with Crippen LogP contribution in [0.5, 0.6) is 0 Å². The summed E-state index contributed by atoms with van der Waals surface area (Å²) in [6.45, 7) is 5.63. The molecule has 0 aromatic carbocycles. The Morgan fingerprint density at radius 2 is 1.90 bits per heavy atom. The summed E-state index contributed by atoms with van der Waals surface area (Å²) in [5.41, 5.74) is 1.17. The Morgan fingerprint density at radius 3 is 2.62 bits per heavy atom. The highest BCUT2D eigenvalue weighted by Crippen LogP contribution is 2.23. The normalized spacial score (nSPS) is 23.9. The zero-order chi connectivity index (χ0) is 20.5. The third-order valence-electron chi connectivity index (χ3n) is 6.00. The van der Waals surface area contributed by atoms with Crippen LogP contribution in [-0.2, 0) is 20.7 Å². The number of nitrogens with zero attached hydrogens (tertiary/aromatic N) is 2. The van der Waals surface area contributed by atoms with Gasteiger partial charge in [0.05, 0.1) is 5.92 Å². The number of pyridine rings is 1. The molecule has 2 amide bonds. The van der Waals surface area contributed by atoms with Crippen molar-refractivity contribution in [3.05, 3.63) is 30.1 Å². The van der Waals surface area contributed by atoms with E-state index in [1.54, 1.807) is 12.4 Å². The van der Waals surface area contributed by atoms with Crippen LogP contribution in [0.2, 0.25) is 0 Å². The molecule has 2 fully saturated rings. The number of likely N-dealkylation sites (tertiary alicyclic amines) is 1. The number of rotatable bonds is 7. The second-order valence-corrected chi connectivity index (χ2v) is 8.09. The van der Waals surface area contributed by atoms with Gasteiger partial charge >= 0.3 is 0 Å². The molecule has 0 saturated carbocycles. The number of carbonyl (C=O) groups excluding carboxylic acids is 2. The maximum absolute atomic E-state index is 12.9. The first-order valence-corrected chi connectivity index (χ1v) is 10.9. The maximum atomic E-state index is 12.9. The Balaban J connectivity index is 1.57. The number of carbonyl (C=O) groups is 2. The van der Waals surface area contributed by atoms with Gasteiger partial charge in [-0.25, -0.2) is 0 Å². The third kappa shape index (κ3) is 6.78. The first-order chi connectivity index (χ1) is 14.2. The van der Waals surface area contributed by atoms with Crippen LogP contribution in [0.4, 0.5) is 0 Å². The van der Waals surface area contributed by atoms with Crippen LogP contribution in [-0.4, -0.2) is 66.6 Å².